The van der Waals surface area contributed by atoms with Crippen molar-refractivity contribution in [2.45, 2.75) is 6.10 Å². The van der Waals surface area contributed by atoms with Crippen LogP contribution >= 0.6 is 11.6 Å². The van der Waals surface area contributed by atoms with Gasteiger partial charge in [0.05, 0.1) is 17.3 Å². The molecular weight excluding hydrogens is 326 g/mol. The molecule has 0 bridgehead atoms. The van der Waals surface area contributed by atoms with E-state index in [-0.39, 0.29) is 18.1 Å². The number of anilines is 1. The first-order valence-electron chi connectivity index (χ1n) is 6.82. The molecule has 1 saturated heterocycles. The van der Waals surface area contributed by atoms with Gasteiger partial charge >= 0.3 is 12.0 Å². The maximum Gasteiger partial charge on any atom is 0.334 e. The molecule has 1 heterocycles. The van der Waals surface area contributed by atoms with Crippen LogP contribution in [0.15, 0.2) is 18.2 Å². The molecule has 1 aliphatic rings. The van der Waals surface area contributed by atoms with Gasteiger partial charge in [-0.3, -0.25) is 9.69 Å². The number of urea groups is 1. The molecule has 9 heteroatoms. The highest BCUT2D eigenvalue weighted by atomic mass is 35.5. The minimum absolute atomic E-state index is 0.174. The van der Waals surface area contributed by atoms with Crippen molar-refractivity contribution in [3.05, 3.63) is 28.8 Å². The third kappa shape index (κ3) is 3.91. The molecule has 0 saturated carbocycles. The average Bonchev–Trinajstić information content (AvgIpc) is 2.93. The Hall–Kier alpha value is -2.32. The number of methoxy groups -OCH3 is 1. The zero-order valence-corrected chi connectivity index (χ0v) is 13.1. The number of hydrogen-bond acceptors (Lipinski definition) is 4. The Morgan fingerprint density at radius 1 is 1.52 bits per heavy atom. The van der Waals surface area contributed by atoms with E-state index in [0.29, 0.717) is 23.8 Å². The summed E-state index contributed by atoms with van der Waals surface area (Å²) in [4.78, 5) is 36.1. The molecule has 1 fully saturated rings. The first-order valence-corrected chi connectivity index (χ1v) is 7.20. The first kappa shape index (κ1) is 17.0. The number of carboxylic acid groups (broad SMARTS) is 1. The molecule has 3 amide bonds. The zero-order chi connectivity index (χ0) is 17.0. The van der Waals surface area contributed by atoms with E-state index in [9.17, 15) is 14.4 Å². The Balaban J connectivity index is 2.12. The summed E-state index contributed by atoms with van der Waals surface area (Å²) in [6.45, 7) is 0.779. The van der Waals surface area contributed by atoms with Crippen LogP contribution in [0.1, 0.15) is 10.4 Å². The number of carbonyl (C=O) groups excluding carboxylic acids is 2. The largest absolute Gasteiger partial charge is 0.479 e. The van der Waals surface area contributed by atoms with Crippen molar-refractivity contribution in [1.82, 2.24) is 10.6 Å². The van der Waals surface area contributed by atoms with E-state index >= 15 is 0 Å². The lowest BCUT2D eigenvalue weighted by atomic mass is 10.1. The van der Waals surface area contributed by atoms with Crippen molar-refractivity contribution < 1.29 is 24.2 Å². The van der Waals surface area contributed by atoms with Gasteiger partial charge in [-0.05, 0) is 18.2 Å². The summed E-state index contributed by atoms with van der Waals surface area (Å²) >= 11 is 6.09. The predicted octanol–water partition coefficient (Wildman–Crippen LogP) is 0.699. The van der Waals surface area contributed by atoms with Gasteiger partial charge in [0, 0.05) is 25.8 Å². The fourth-order valence-corrected chi connectivity index (χ4v) is 2.34. The van der Waals surface area contributed by atoms with Crippen LogP contribution in [0.5, 0.6) is 0 Å². The van der Waals surface area contributed by atoms with Gasteiger partial charge in [-0.2, -0.15) is 0 Å². The number of nitrogens with one attached hydrogen (secondary N) is 2. The van der Waals surface area contributed by atoms with Crippen molar-refractivity contribution in [3.63, 3.8) is 0 Å². The molecule has 1 aromatic carbocycles. The fraction of sp³-hybridized carbons (Fsp3) is 0.357. The highest BCUT2D eigenvalue weighted by molar-refractivity contribution is 6.34. The van der Waals surface area contributed by atoms with E-state index < -0.39 is 18.0 Å². The van der Waals surface area contributed by atoms with E-state index in [2.05, 4.69) is 10.6 Å². The fourth-order valence-electron chi connectivity index (χ4n) is 2.12. The lowest BCUT2D eigenvalue weighted by Gasteiger charge is -2.17. The summed E-state index contributed by atoms with van der Waals surface area (Å²) in [6.07, 6.45) is -1.13. The summed E-state index contributed by atoms with van der Waals surface area (Å²) in [5.74, 6) is -1.65. The minimum Gasteiger partial charge on any atom is -0.479 e. The van der Waals surface area contributed by atoms with Crippen LogP contribution in [-0.4, -0.2) is 55.9 Å². The molecule has 1 aromatic rings. The molecule has 0 radical (unpaired) electrons. The molecule has 124 valence electrons. The van der Waals surface area contributed by atoms with Crippen molar-refractivity contribution in [1.29, 1.82) is 0 Å². The molecule has 1 atom stereocenters. The van der Waals surface area contributed by atoms with Gasteiger partial charge in [0.2, 0.25) is 0 Å². The van der Waals surface area contributed by atoms with Crippen molar-refractivity contribution in [2.75, 3.05) is 31.6 Å². The average molecular weight is 342 g/mol. The van der Waals surface area contributed by atoms with Crippen LogP contribution < -0.4 is 15.5 Å². The normalized spacial score (nSPS) is 15.2. The lowest BCUT2D eigenvalue weighted by Crippen LogP contribution is -2.38. The second kappa shape index (κ2) is 7.30. The molecule has 0 aromatic heterocycles. The number of ether oxygens (including phenoxy) is 1. The van der Waals surface area contributed by atoms with Gasteiger partial charge in [0.25, 0.3) is 5.91 Å². The van der Waals surface area contributed by atoms with Crippen molar-refractivity contribution in [3.8, 4) is 0 Å². The minimum atomic E-state index is -1.17. The number of amides is 3. The number of nitrogens with zero attached hydrogens (tertiary/aromatic N) is 1. The lowest BCUT2D eigenvalue weighted by molar-refractivity contribution is -0.148. The highest BCUT2D eigenvalue weighted by Crippen LogP contribution is 2.28. The van der Waals surface area contributed by atoms with E-state index in [1.165, 1.54) is 30.2 Å². The number of carboxylic acids is 1. The summed E-state index contributed by atoms with van der Waals surface area (Å²) in [6, 6.07) is 4.22. The SMILES string of the molecule is COC(CNC(=O)c1ccc(Cl)c(N2CCNC2=O)c1)C(=O)O. The number of aliphatic carboxylic acids is 1. The summed E-state index contributed by atoms with van der Waals surface area (Å²) < 4.78 is 4.74. The monoisotopic (exact) mass is 341 g/mol. The Labute approximate surface area is 137 Å². The second-order valence-corrected chi connectivity index (χ2v) is 5.23. The summed E-state index contributed by atoms with van der Waals surface area (Å²) in [7, 11) is 1.25. The molecule has 1 unspecified atom stereocenters. The Kier molecular flexibility index (Phi) is 5.41. The van der Waals surface area contributed by atoms with Crippen molar-refractivity contribution in [2.24, 2.45) is 0 Å². The Bertz CT molecular complexity index is 637. The molecule has 0 aliphatic carbocycles. The highest BCUT2D eigenvalue weighted by Gasteiger charge is 2.24. The smallest absolute Gasteiger partial charge is 0.334 e. The topological polar surface area (TPSA) is 108 Å². The maximum absolute atomic E-state index is 12.1. The van der Waals surface area contributed by atoms with Crippen LogP contribution in [0, 0.1) is 0 Å². The first-order chi connectivity index (χ1) is 10.9. The number of benzene rings is 1. The molecule has 2 rings (SSSR count). The Morgan fingerprint density at radius 3 is 2.83 bits per heavy atom. The second-order valence-electron chi connectivity index (χ2n) is 4.82. The van der Waals surface area contributed by atoms with Gasteiger partial charge in [-0.25, -0.2) is 9.59 Å². The molecular formula is C14H16ClN3O5. The molecule has 0 spiro atoms. The van der Waals surface area contributed by atoms with Gasteiger partial charge < -0.3 is 20.5 Å². The van der Waals surface area contributed by atoms with E-state index in [4.69, 9.17) is 21.4 Å². The number of hydrogen-bond donors (Lipinski definition) is 3. The van der Waals surface area contributed by atoms with Crippen molar-refractivity contribution >= 4 is 35.2 Å². The third-order valence-corrected chi connectivity index (χ3v) is 3.68. The number of rotatable bonds is 6. The van der Waals surface area contributed by atoms with E-state index in [1.54, 1.807) is 0 Å². The van der Waals surface area contributed by atoms with E-state index in [1.807, 2.05) is 0 Å². The van der Waals surface area contributed by atoms with Crippen LogP contribution in [0.2, 0.25) is 5.02 Å². The van der Waals surface area contributed by atoms with Crippen LogP contribution in [0.3, 0.4) is 0 Å². The number of halogens is 1. The predicted molar refractivity (Wildman–Crippen MR) is 83.0 cm³/mol. The van der Waals surface area contributed by atoms with Gasteiger partial charge in [0.15, 0.2) is 6.10 Å². The summed E-state index contributed by atoms with van der Waals surface area (Å²) in [5.41, 5.74) is 0.695. The third-order valence-electron chi connectivity index (χ3n) is 3.36. The van der Waals surface area contributed by atoms with Gasteiger partial charge in [-0.15, -0.1) is 0 Å². The standard InChI is InChI=1S/C14H16ClN3O5/c1-23-11(13(20)21)7-17-12(19)8-2-3-9(15)10(6-8)18-5-4-16-14(18)22/h2-3,6,11H,4-5,7H2,1H3,(H,16,22)(H,17,19)(H,20,21). The Morgan fingerprint density at radius 2 is 2.26 bits per heavy atom. The van der Waals surface area contributed by atoms with Gasteiger partial charge in [-0.1, -0.05) is 11.6 Å². The molecule has 1 aliphatic heterocycles. The molecule has 8 nitrogen and oxygen atoms in total. The van der Waals surface area contributed by atoms with Gasteiger partial charge in [0.1, 0.15) is 0 Å². The zero-order valence-electron chi connectivity index (χ0n) is 12.3. The van der Waals surface area contributed by atoms with Crippen LogP contribution in [0.4, 0.5) is 10.5 Å². The van der Waals surface area contributed by atoms with Crippen LogP contribution in [0.25, 0.3) is 0 Å². The number of carbonyl (C=O) groups is 3. The van der Waals surface area contributed by atoms with E-state index in [0.717, 1.165) is 0 Å². The molecule has 23 heavy (non-hydrogen) atoms. The van der Waals surface area contributed by atoms with Crippen LogP contribution in [-0.2, 0) is 9.53 Å². The molecule has 3 N–H and O–H groups in total. The quantitative estimate of drug-likeness (QED) is 0.706. The summed E-state index contributed by atoms with van der Waals surface area (Å²) in [5, 5.41) is 14.3. The maximum atomic E-state index is 12.1.